The zero-order valence-electron chi connectivity index (χ0n) is 40.8. The van der Waals surface area contributed by atoms with E-state index in [2.05, 4.69) is 0 Å². The maximum Gasteiger partial charge on any atom is 0.454 e. The van der Waals surface area contributed by atoms with E-state index in [1.807, 2.05) is 26.2 Å². The Balaban J connectivity index is 1.49. The average Bonchev–Trinajstić information content (AvgIpc) is 3.16. The molecule has 6 aromatic carbocycles. The number of ether oxygens (including phenoxy) is 2. The van der Waals surface area contributed by atoms with Crippen molar-refractivity contribution in [2.24, 2.45) is 0 Å². The van der Waals surface area contributed by atoms with Crippen LogP contribution in [0.25, 0.3) is 33.4 Å². The molecule has 52 heavy (non-hydrogen) atoms. The van der Waals surface area contributed by atoms with Crippen LogP contribution in [0.5, 0.6) is 46.0 Å². The lowest BCUT2D eigenvalue weighted by molar-refractivity contribution is 0.345. The second-order valence-corrected chi connectivity index (χ2v) is 19.8. The summed E-state index contributed by atoms with van der Waals surface area (Å²) in [5.41, 5.74) is -2.57. The molecule has 0 N–H and O–H groups in total. The van der Waals surface area contributed by atoms with Crippen molar-refractivity contribution < 1.29 is 43.6 Å². The molecule has 2 aliphatic rings. The number of hydrogen-bond acceptors (Lipinski definition) is 6. The lowest BCUT2D eigenvalue weighted by Gasteiger charge is -2.31. The number of para-hydroxylation sites is 6. The van der Waals surface area contributed by atoms with Gasteiger partial charge in [0.25, 0.3) is 0 Å². The quantitative estimate of drug-likeness (QED) is 0.169. The summed E-state index contributed by atoms with van der Waals surface area (Å²) in [5.74, 6) is 1.59. The van der Waals surface area contributed by atoms with Crippen molar-refractivity contribution in [1.82, 2.24) is 0 Å². The van der Waals surface area contributed by atoms with Crippen molar-refractivity contribution in [1.29, 1.82) is 0 Å². The molecule has 0 saturated heterocycles. The SMILES string of the molecule is [2H]C([2H])([2H])c1ccc(-c2ccc(C([2H])([2H])[2H])c(-c3cccc4c3Oc3ccccc3O[Si](C)(C)O4)c2C([2H])([2H])[2H])c(C([2H])([2H])[2H])c1-c1cccc2c1Oc1ccccc1O[Si](C)(C)O2. The Morgan fingerprint density at radius 3 is 1.17 bits per heavy atom. The lowest BCUT2D eigenvalue weighted by atomic mass is 9.84. The number of hydrogen-bond donors (Lipinski definition) is 0. The van der Waals surface area contributed by atoms with E-state index in [4.69, 9.17) is 43.6 Å². The molecular weight excluding hydrogens is 681 g/mol. The number of benzene rings is 6. The number of fused-ring (bicyclic) bond motifs is 4. The highest BCUT2D eigenvalue weighted by Gasteiger charge is 2.36. The maximum atomic E-state index is 9.10. The van der Waals surface area contributed by atoms with E-state index in [1.165, 1.54) is 36.4 Å². The zero-order valence-corrected chi connectivity index (χ0v) is 30.8. The molecule has 0 amide bonds. The highest BCUT2D eigenvalue weighted by Crippen LogP contribution is 2.51. The molecule has 8 rings (SSSR count). The first kappa shape index (κ1) is 22.5. The average molecular weight is 735 g/mol. The van der Waals surface area contributed by atoms with E-state index in [9.17, 15) is 0 Å². The topological polar surface area (TPSA) is 55.4 Å². The third kappa shape index (κ3) is 6.01. The largest absolute Gasteiger partial charge is 0.509 e. The third-order valence-corrected chi connectivity index (χ3v) is 11.6. The van der Waals surface area contributed by atoms with Gasteiger partial charge in [-0.3, -0.25) is 0 Å². The molecule has 0 bridgehead atoms. The summed E-state index contributed by atoms with van der Waals surface area (Å²) in [5, 5.41) is 0. The van der Waals surface area contributed by atoms with Gasteiger partial charge in [-0.05, 0) is 108 Å². The molecule has 6 aromatic rings. The Bertz CT molecular complexity index is 2630. The highest BCUT2D eigenvalue weighted by molar-refractivity contribution is 6.66. The van der Waals surface area contributed by atoms with Gasteiger partial charge in [0.05, 0.1) is 0 Å². The lowest BCUT2D eigenvalue weighted by Crippen LogP contribution is -2.42. The molecule has 8 heteroatoms. The normalized spacial score (nSPS) is 19.4. The summed E-state index contributed by atoms with van der Waals surface area (Å²) in [7, 11) is -6.06. The highest BCUT2D eigenvalue weighted by atomic mass is 28.4. The van der Waals surface area contributed by atoms with Crippen LogP contribution in [-0.2, 0) is 0 Å². The molecule has 2 heterocycles. The van der Waals surface area contributed by atoms with Gasteiger partial charge in [-0.15, -0.1) is 0 Å². The van der Waals surface area contributed by atoms with Crippen LogP contribution >= 0.6 is 0 Å². The van der Waals surface area contributed by atoms with Crippen LogP contribution in [0.4, 0.5) is 0 Å². The van der Waals surface area contributed by atoms with Gasteiger partial charge in [0.15, 0.2) is 23.0 Å². The summed E-state index contributed by atoms with van der Waals surface area (Å²) in [4.78, 5) is 0. The molecule has 0 fully saturated rings. The first-order valence-electron chi connectivity index (χ1n) is 22.7. The fourth-order valence-corrected chi connectivity index (χ4v) is 9.43. The second kappa shape index (κ2) is 12.6. The molecule has 0 aliphatic carbocycles. The van der Waals surface area contributed by atoms with Crippen LogP contribution in [0.3, 0.4) is 0 Å². The number of rotatable bonds is 3. The molecule has 2 aliphatic heterocycles. The van der Waals surface area contributed by atoms with Crippen LogP contribution in [0.2, 0.25) is 26.2 Å². The van der Waals surface area contributed by atoms with Crippen LogP contribution in [-0.4, -0.2) is 17.1 Å². The van der Waals surface area contributed by atoms with E-state index >= 15 is 0 Å². The number of aryl methyl sites for hydroxylation is 2. The van der Waals surface area contributed by atoms with Gasteiger partial charge in [0.1, 0.15) is 23.0 Å². The maximum absolute atomic E-state index is 9.10. The van der Waals surface area contributed by atoms with Crippen molar-refractivity contribution in [2.45, 2.75) is 53.6 Å². The minimum Gasteiger partial charge on any atom is -0.509 e. The van der Waals surface area contributed by atoms with Gasteiger partial charge in [0, 0.05) is 53.8 Å². The first-order valence-corrected chi connectivity index (χ1v) is 22.3. The van der Waals surface area contributed by atoms with E-state index in [0.717, 1.165) is 0 Å². The minimum atomic E-state index is -3.13. The molecular formula is C44H42O6Si2. The summed E-state index contributed by atoms with van der Waals surface area (Å²) in [6, 6.07) is 28.1. The predicted molar refractivity (Wildman–Crippen MR) is 212 cm³/mol. The Morgan fingerprint density at radius 2 is 0.769 bits per heavy atom. The van der Waals surface area contributed by atoms with E-state index < -0.39 is 55.7 Å². The minimum absolute atomic E-state index is 0.0113. The fraction of sp³-hybridized carbons (Fsp3) is 0.182. The molecule has 0 aromatic heterocycles. The first-order chi connectivity index (χ1) is 29.7. The molecule has 0 atom stereocenters. The summed E-state index contributed by atoms with van der Waals surface area (Å²) < 4.78 is 145. The van der Waals surface area contributed by atoms with Gasteiger partial charge in [-0.1, -0.05) is 72.8 Å². The van der Waals surface area contributed by atoms with E-state index in [0.29, 0.717) is 11.5 Å². The second-order valence-electron chi connectivity index (χ2n) is 13.4. The molecule has 0 spiro atoms. The predicted octanol–water partition coefficient (Wildman–Crippen LogP) is 12.5. The Morgan fingerprint density at radius 1 is 0.385 bits per heavy atom. The Hall–Kier alpha value is -5.45. The van der Waals surface area contributed by atoms with E-state index in [-0.39, 0.29) is 79.0 Å². The van der Waals surface area contributed by atoms with Gasteiger partial charge in [-0.25, -0.2) is 0 Å². The summed E-state index contributed by atoms with van der Waals surface area (Å²) >= 11 is 0. The van der Waals surface area contributed by atoms with Gasteiger partial charge in [0.2, 0.25) is 0 Å². The monoisotopic (exact) mass is 734 g/mol. The molecule has 262 valence electrons. The van der Waals surface area contributed by atoms with Crippen molar-refractivity contribution >= 4 is 17.1 Å². The third-order valence-electron chi connectivity index (χ3n) is 8.74. The van der Waals surface area contributed by atoms with Crippen LogP contribution in [0.1, 0.15) is 38.7 Å². The van der Waals surface area contributed by atoms with E-state index in [1.54, 1.807) is 72.8 Å². The van der Waals surface area contributed by atoms with Gasteiger partial charge < -0.3 is 27.2 Å². The van der Waals surface area contributed by atoms with Gasteiger partial charge >= 0.3 is 17.1 Å². The molecule has 0 radical (unpaired) electrons. The standard InChI is InChI=1S/C44H42O6Si2/c1-27-23-25-31(29(3)41(27)33-15-13-21-39-43(33)45-35-17-9-11-19-37(35)47-51(5,6)49-39)32-26-24-28(2)42(30(32)4)34-16-14-22-40-44(34)46-36-18-10-12-20-38(36)48-52(7,8)50-40/h9-26H,1-8H3/i1D3,2D3,3D3,4D3. The van der Waals surface area contributed by atoms with Crippen molar-refractivity contribution in [3.8, 4) is 79.4 Å². The van der Waals surface area contributed by atoms with Crippen molar-refractivity contribution in [3.63, 3.8) is 0 Å². The van der Waals surface area contributed by atoms with Crippen LogP contribution in [0.15, 0.2) is 109 Å². The van der Waals surface area contributed by atoms with Gasteiger partial charge in [-0.2, -0.15) is 0 Å². The molecule has 6 nitrogen and oxygen atoms in total. The fourth-order valence-electron chi connectivity index (χ4n) is 6.57. The molecule has 0 saturated carbocycles. The summed E-state index contributed by atoms with van der Waals surface area (Å²) in [6.45, 7) is -4.83. The van der Waals surface area contributed by atoms with Crippen LogP contribution < -0.4 is 27.2 Å². The van der Waals surface area contributed by atoms with Crippen molar-refractivity contribution in [2.75, 3.05) is 0 Å². The van der Waals surface area contributed by atoms with Crippen molar-refractivity contribution in [3.05, 3.63) is 131 Å². The van der Waals surface area contributed by atoms with Crippen LogP contribution in [0, 0.1) is 27.4 Å². The summed E-state index contributed by atoms with van der Waals surface area (Å²) in [6.07, 6.45) is 0. The Labute approximate surface area is 324 Å². The zero-order chi connectivity index (χ0) is 46.4. The smallest absolute Gasteiger partial charge is 0.454 e. The Kier molecular flexibility index (Phi) is 5.47. The molecule has 0 unspecified atom stereocenters.